The number of benzene rings is 1. The van der Waals surface area contributed by atoms with Crippen LogP contribution in [0.25, 0.3) is 0 Å². The Morgan fingerprint density at radius 1 is 1.25 bits per heavy atom. The van der Waals surface area contributed by atoms with E-state index in [1.54, 1.807) is 0 Å². The molecular weight excluding hydrogens is 235 g/mol. The van der Waals surface area contributed by atoms with Gasteiger partial charge in [0.2, 0.25) is 0 Å². The monoisotopic (exact) mass is 242 g/mol. The van der Waals surface area contributed by atoms with E-state index in [9.17, 15) is 22.0 Å². The highest BCUT2D eigenvalue weighted by Crippen LogP contribution is 2.38. The van der Waals surface area contributed by atoms with Crippen LogP contribution in [0.5, 0.6) is 5.75 Å². The molecule has 0 saturated carbocycles. The molecule has 90 valence electrons. The second kappa shape index (κ2) is 4.25. The molecule has 0 aliphatic rings. The summed E-state index contributed by atoms with van der Waals surface area (Å²) >= 11 is 0. The van der Waals surface area contributed by atoms with Gasteiger partial charge in [-0.15, -0.1) is 0 Å². The lowest BCUT2D eigenvalue weighted by molar-refractivity contribution is -0.207. The first-order chi connectivity index (χ1) is 7.27. The van der Waals surface area contributed by atoms with Crippen LogP contribution in [0.1, 0.15) is 11.7 Å². The van der Waals surface area contributed by atoms with Crippen LogP contribution in [0, 0.1) is 11.6 Å². The van der Waals surface area contributed by atoms with Crippen molar-refractivity contribution in [3.05, 3.63) is 29.3 Å². The number of methoxy groups -OCH3 is 1. The van der Waals surface area contributed by atoms with Gasteiger partial charge in [-0.2, -0.15) is 13.2 Å². The van der Waals surface area contributed by atoms with Crippen LogP contribution in [-0.2, 0) is 0 Å². The first-order valence-electron chi connectivity index (χ1n) is 4.05. The molecule has 0 radical (unpaired) electrons. The summed E-state index contributed by atoms with van der Waals surface area (Å²) in [7, 11) is 0.920. The predicted molar refractivity (Wildman–Crippen MR) is 43.9 cm³/mol. The SMILES string of the molecule is COc1c(F)cc(F)cc1[C@H](O)C(F)(F)F. The van der Waals surface area contributed by atoms with Gasteiger partial charge in [-0.3, -0.25) is 0 Å². The van der Waals surface area contributed by atoms with Crippen molar-refractivity contribution in [2.24, 2.45) is 0 Å². The zero-order valence-electron chi connectivity index (χ0n) is 7.98. The van der Waals surface area contributed by atoms with Gasteiger partial charge in [0.1, 0.15) is 5.82 Å². The van der Waals surface area contributed by atoms with E-state index in [-0.39, 0.29) is 0 Å². The molecule has 1 rings (SSSR count). The Balaban J connectivity index is 3.31. The number of hydrogen-bond donors (Lipinski definition) is 1. The average molecular weight is 242 g/mol. The summed E-state index contributed by atoms with van der Waals surface area (Å²) in [6.45, 7) is 0. The summed E-state index contributed by atoms with van der Waals surface area (Å²) in [4.78, 5) is 0. The summed E-state index contributed by atoms with van der Waals surface area (Å²) in [5, 5.41) is 8.88. The molecule has 1 aromatic carbocycles. The second-order valence-electron chi connectivity index (χ2n) is 2.95. The Labute approximate surface area is 87.3 Å². The molecule has 1 aromatic rings. The van der Waals surface area contributed by atoms with E-state index in [0.717, 1.165) is 7.11 Å². The van der Waals surface area contributed by atoms with E-state index in [1.165, 1.54) is 0 Å². The average Bonchev–Trinajstić information content (AvgIpc) is 2.14. The maximum Gasteiger partial charge on any atom is 0.418 e. The smallest absolute Gasteiger partial charge is 0.418 e. The first-order valence-corrected chi connectivity index (χ1v) is 4.05. The van der Waals surface area contributed by atoms with Gasteiger partial charge in [0.05, 0.1) is 7.11 Å². The van der Waals surface area contributed by atoms with E-state index in [0.29, 0.717) is 12.1 Å². The number of aliphatic hydroxyl groups excluding tert-OH is 1. The molecule has 1 atom stereocenters. The zero-order valence-corrected chi connectivity index (χ0v) is 7.98. The maximum absolute atomic E-state index is 13.0. The van der Waals surface area contributed by atoms with Crippen LogP contribution in [0.2, 0.25) is 0 Å². The molecule has 7 heteroatoms. The summed E-state index contributed by atoms with van der Waals surface area (Å²) in [6.07, 6.45) is -8.01. The number of hydrogen-bond acceptors (Lipinski definition) is 2. The molecule has 1 N–H and O–H groups in total. The Morgan fingerprint density at radius 2 is 1.81 bits per heavy atom. The number of aliphatic hydroxyl groups is 1. The lowest BCUT2D eigenvalue weighted by Crippen LogP contribution is -2.21. The fourth-order valence-electron chi connectivity index (χ4n) is 1.18. The topological polar surface area (TPSA) is 29.5 Å². The Kier molecular flexibility index (Phi) is 3.37. The first kappa shape index (κ1) is 12.7. The summed E-state index contributed by atoms with van der Waals surface area (Å²) in [5.74, 6) is -3.36. The highest BCUT2D eigenvalue weighted by molar-refractivity contribution is 5.37. The zero-order chi connectivity index (χ0) is 12.5. The van der Waals surface area contributed by atoms with Gasteiger partial charge >= 0.3 is 6.18 Å². The minimum absolute atomic E-state index is 0.366. The minimum Gasteiger partial charge on any atom is -0.493 e. The molecule has 0 aromatic heterocycles. The fraction of sp³-hybridized carbons (Fsp3) is 0.333. The second-order valence-corrected chi connectivity index (χ2v) is 2.95. The summed E-state index contributed by atoms with van der Waals surface area (Å²) < 4.78 is 66.6. The van der Waals surface area contributed by atoms with E-state index < -0.39 is 35.2 Å². The highest BCUT2D eigenvalue weighted by atomic mass is 19.4. The Morgan fingerprint density at radius 3 is 2.25 bits per heavy atom. The van der Waals surface area contributed by atoms with Crippen molar-refractivity contribution in [3.63, 3.8) is 0 Å². The van der Waals surface area contributed by atoms with Gasteiger partial charge in [0, 0.05) is 11.6 Å². The van der Waals surface area contributed by atoms with Crippen molar-refractivity contribution in [1.29, 1.82) is 0 Å². The largest absolute Gasteiger partial charge is 0.493 e. The van der Waals surface area contributed by atoms with E-state index >= 15 is 0 Å². The molecule has 0 aliphatic heterocycles. The quantitative estimate of drug-likeness (QED) is 0.807. The van der Waals surface area contributed by atoms with Crippen LogP contribution in [0.4, 0.5) is 22.0 Å². The molecule has 0 heterocycles. The van der Waals surface area contributed by atoms with Crippen molar-refractivity contribution >= 4 is 0 Å². The van der Waals surface area contributed by atoms with Gasteiger partial charge in [-0.05, 0) is 6.07 Å². The van der Waals surface area contributed by atoms with Crippen LogP contribution in [0.15, 0.2) is 12.1 Å². The number of alkyl halides is 3. The molecule has 2 nitrogen and oxygen atoms in total. The lowest BCUT2D eigenvalue weighted by atomic mass is 10.1. The van der Waals surface area contributed by atoms with Crippen LogP contribution in [0.3, 0.4) is 0 Å². The van der Waals surface area contributed by atoms with Crippen molar-refractivity contribution < 1.29 is 31.8 Å². The van der Waals surface area contributed by atoms with Crippen LogP contribution < -0.4 is 4.74 Å². The fourth-order valence-corrected chi connectivity index (χ4v) is 1.18. The molecule has 0 aliphatic carbocycles. The maximum atomic E-state index is 13.0. The molecular formula is C9H7F5O2. The van der Waals surface area contributed by atoms with Crippen LogP contribution >= 0.6 is 0 Å². The molecule has 0 amide bonds. The third-order valence-electron chi connectivity index (χ3n) is 1.85. The van der Waals surface area contributed by atoms with Crippen LogP contribution in [-0.4, -0.2) is 18.4 Å². The summed E-state index contributed by atoms with van der Waals surface area (Å²) in [6, 6.07) is 0.742. The number of ether oxygens (including phenoxy) is 1. The highest BCUT2D eigenvalue weighted by Gasteiger charge is 2.41. The van der Waals surface area contributed by atoms with Gasteiger partial charge in [0.15, 0.2) is 17.7 Å². The van der Waals surface area contributed by atoms with Crippen molar-refractivity contribution in [3.8, 4) is 5.75 Å². The minimum atomic E-state index is -5.02. The van der Waals surface area contributed by atoms with E-state index in [4.69, 9.17) is 5.11 Å². The van der Waals surface area contributed by atoms with E-state index in [2.05, 4.69) is 4.74 Å². The van der Waals surface area contributed by atoms with Crippen molar-refractivity contribution in [2.75, 3.05) is 7.11 Å². The van der Waals surface area contributed by atoms with Gasteiger partial charge in [-0.1, -0.05) is 0 Å². The molecule has 0 unspecified atom stereocenters. The standard InChI is InChI=1S/C9H7F5O2/c1-16-7-5(8(15)9(12,13)14)2-4(10)3-6(7)11/h2-3,8,15H,1H3/t8-/m0/s1. The molecule has 16 heavy (non-hydrogen) atoms. The summed E-state index contributed by atoms with van der Waals surface area (Å²) in [5.41, 5.74) is -0.993. The Bertz CT molecular complexity index is 388. The Hall–Kier alpha value is -1.37. The number of rotatable bonds is 2. The van der Waals surface area contributed by atoms with Gasteiger partial charge < -0.3 is 9.84 Å². The lowest BCUT2D eigenvalue weighted by Gasteiger charge is -2.17. The molecule has 0 fully saturated rings. The molecule has 0 bridgehead atoms. The molecule has 0 saturated heterocycles. The predicted octanol–water partition coefficient (Wildman–Crippen LogP) is 2.57. The van der Waals surface area contributed by atoms with Crippen molar-refractivity contribution in [1.82, 2.24) is 0 Å². The third kappa shape index (κ3) is 2.41. The molecule has 0 spiro atoms. The van der Waals surface area contributed by atoms with Crippen molar-refractivity contribution in [2.45, 2.75) is 12.3 Å². The normalized spacial score (nSPS) is 13.7. The third-order valence-corrected chi connectivity index (χ3v) is 1.85. The number of halogens is 5. The van der Waals surface area contributed by atoms with E-state index in [1.807, 2.05) is 0 Å². The van der Waals surface area contributed by atoms with Gasteiger partial charge in [-0.25, -0.2) is 8.78 Å². The van der Waals surface area contributed by atoms with Gasteiger partial charge in [0.25, 0.3) is 0 Å².